The van der Waals surface area contributed by atoms with Crippen LogP contribution in [0.1, 0.15) is 75.5 Å². The van der Waals surface area contributed by atoms with Gasteiger partial charge in [0, 0.05) is 24.4 Å². The third-order valence-corrected chi connectivity index (χ3v) is 4.94. The lowest BCUT2D eigenvalue weighted by atomic mass is 9.92. The summed E-state index contributed by atoms with van der Waals surface area (Å²) in [6, 6.07) is 0.868. The minimum Gasteiger partial charge on any atom is -0.381 e. The molecule has 4 nitrogen and oxygen atoms in total. The van der Waals surface area contributed by atoms with E-state index in [2.05, 4.69) is 30.8 Å². The predicted molar refractivity (Wildman–Crippen MR) is 86.8 cm³/mol. The second kappa shape index (κ2) is 7.41. The van der Waals surface area contributed by atoms with E-state index >= 15 is 0 Å². The van der Waals surface area contributed by atoms with Crippen molar-refractivity contribution in [3.05, 3.63) is 17.0 Å². The highest BCUT2D eigenvalue weighted by molar-refractivity contribution is 5.30. The number of nitrogens with zero attached hydrogens (tertiary/aromatic N) is 2. The Morgan fingerprint density at radius 3 is 2.67 bits per heavy atom. The van der Waals surface area contributed by atoms with E-state index in [-0.39, 0.29) is 0 Å². The van der Waals surface area contributed by atoms with Crippen molar-refractivity contribution in [2.45, 2.75) is 77.5 Å². The minimum atomic E-state index is 0.366. The van der Waals surface area contributed by atoms with Gasteiger partial charge in [-0.05, 0) is 52.5 Å². The largest absolute Gasteiger partial charge is 0.381 e. The number of nitrogens with one attached hydrogen (secondary N) is 1. The first kappa shape index (κ1) is 16.5. The van der Waals surface area contributed by atoms with Crippen molar-refractivity contribution in [1.82, 2.24) is 15.1 Å². The summed E-state index contributed by atoms with van der Waals surface area (Å²) in [4.78, 5) is 0. The van der Waals surface area contributed by atoms with Gasteiger partial charge in [0.05, 0.1) is 17.8 Å². The molecule has 4 heteroatoms. The molecular formula is C17H31N3O. The van der Waals surface area contributed by atoms with E-state index in [0.717, 1.165) is 19.3 Å². The summed E-state index contributed by atoms with van der Waals surface area (Å²) in [5.74, 6) is 0. The van der Waals surface area contributed by atoms with Crippen molar-refractivity contribution in [2.75, 3.05) is 14.2 Å². The molecule has 1 aliphatic rings. The third-order valence-electron chi connectivity index (χ3n) is 4.94. The van der Waals surface area contributed by atoms with Crippen LogP contribution in [0, 0.1) is 0 Å². The molecule has 0 bridgehead atoms. The van der Waals surface area contributed by atoms with E-state index in [1.165, 1.54) is 36.2 Å². The van der Waals surface area contributed by atoms with Gasteiger partial charge in [-0.15, -0.1) is 0 Å². The van der Waals surface area contributed by atoms with Gasteiger partial charge in [-0.25, -0.2) is 0 Å². The molecule has 1 aromatic rings. The Morgan fingerprint density at radius 1 is 1.33 bits per heavy atom. The lowest BCUT2D eigenvalue weighted by Crippen LogP contribution is -2.26. The van der Waals surface area contributed by atoms with Crippen LogP contribution in [0.4, 0.5) is 0 Å². The second-order valence-electron chi connectivity index (χ2n) is 6.15. The SMILES string of the molecule is CCc1nn(C2CCCC(OC)C2)c(CC)c1C(C)NC. The zero-order valence-electron chi connectivity index (χ0n) is 14.3. The Morgan fingerprint density at radius 2 is 2.10 bits per heavy atom. The number of aromatic nitrogens is 2. The molecule has 120 valence electrons. The maximum absolute atomic E-state index is 5.59. The van der Waals surface area contributed by atoms with Crippen molar-refractivity contribution in [3.63, 3.8) is 0 Å². The van der Waals surface area contributed by atoms with Gasteiger partial charge in [-0.1, -0.05) is 13.8 Å². The fraction of sp³-hybridized carbons (Fsp3) is 0.824. The van der Waals surface area contributed by atoms with Crippen molar-refractivity contribution in [2.24, 2.45) is 0 Å². The summed E-state index contributed by atoms with van der Waals surface area (Å²) >= 11 is 0. The van der Waals surface area contributed by atoms with E-state index in [9.17, 15) is 0 Å². The van der Waals surface area contributed by atoms with Crippen LogP contribution < -0.4 is 5.32 Å². The summed E-state index contributed by atoms with van der Waals surface area (Å²) in [5, 5.41) is 8.37. The lowest BCUT2D eigenvalue weighted by Gasteiger charge is -2.29. The standard InChI is InChI=1S/C17H31N3O/c1-6-15-17(12(3)18-4)16(7-2)20(19-15)13-9-8-10-14(11-13)21-5/h12-14,18H,6-11H2,1-5H3. The zero-order chi connectivity index (χ0) is 15.4. The summed E-state index contributed by atoms with van der Waals surface area (Å²) in [6.07, 6.45) is 7.20. The fourth-order valence-corrected chi connectivity index (χ4v) is 3.65. The smallest absolute Gasteiger partial charge is 0.0672 e. The Bertz CT molecular complexity index is 455. The van der Waals surface area contributed by atoms with Gasteiger partial charge in [0.15, 0.2) is 0 Å². The average Bonchev–Trinajstić information content (AvgIpc) is 2.92. The first-order valence-corrected chi connectivity index (χ1v) is 8.46. The molecule has 0 radical (unpaired) electrons. The third kappa shape index (κ3) is 3.32. The molecular weight excluding hydrogens is 262 g/mol. The first-order valence-electron chi connectivity index (χ1n) is 8.46. The van der Waals surface area contributed by atoms with E-state index in [0.29, 0.717) is 18.2 Å². The number of methoxy groups -OCH3 is 1. The normalized spacial score (nSPS) is 24.2. The maximum atomic E-state index is 5.59. The van der Waals surface area contributed by atoms with Crippen molar-refractivity contribution >= 4 is 0 Å². The van der Waals surface area contributed by atoms with Crippen LogP contribution >= 0.6 is 0 Å². The lowest BCUT2D eigenvalue weighted by molar-refractivity contribution is 0.0502. The quantitative estimate of drug-likeness (QED) is 0.873. The molecule has 1 aromatic heterocycles. The Labute approximate surface area is 129 Å². The number of hydrogen-bond acceptors (Lipinski definition) is 3. The van der Waals surface area contributed by atoms with Crippen LogP contribution in [0.25, 0.3) is 0 Å². The van der Waals surface area contributed by atoms with E-state index in [4.69, 9.17) is 9.84 Å². The molecule has 3 atom stereocenters. The molecule has 0 aliphatic heterocycles. The Balaban J connectivity index is 2.36. The molecule has 21 heavy (non-hydrogen) atoms. The molecule has 3 unspecified atom stereocenters. The van der Waals surface area contributed by atoms with E-state index in [1.807, 2.05) is 14.2 Å². The van der Waals surface area contributed by atoms with Crippen LogP contribution in [-0.2, 0) is 17.6 Å². The van der Waals surface area contributed by atoms with Crippen LogP contribution in [0.5, 0.6) is 0 Å². The maximum Gasteiger partial charge on any atom is 0.0672 e. The van der Waals surface area contributed by atoms with E-state index < -0.39 is 0 Å². The van der Waals surface area contributed by atoms with Crippen molar-refractivity contribution in [3.8, 4) is 0 Å². The van der Waals surface area contributed by atoms with Gasteiger partial charge in [0.25, 0.3) is 0 Å². The number of hydrogen-bond donors (Lipinski definition) is 1. The molecule has 1 aliphatic carbocycles. The second-order valence-corrected chi connectivity index (χ2v) is 6.15. The molecule has 1 fully saturated rings. The van der Waals surface area contributed by atoms with Crippen molar-refractivity contribution < 1.29 is 4.74 Å². The Hall–Kier alpha value is -0.870. The molecule has 0 spiro atoms. The first-order chi connectivity index (χ1) is 10.2. The molecule has 1 saturated carbocycles. The number of ether oxygens (including phenoxy) is 1. The van der Waals surface area contributed by atoms with Crippen LogP contribution in [0.2, 0.25) is 0 Å². The van der Waals surface area contributed by atoms with Gasteiger partial charge in [-0.3, -0.25) is 4.68 Å². The van der Waals surface area contributed by atoms with Gasteiger partial charge in [0.1, 0.15) is 0 Å². The topological polar surface area (TPSA) is 39.1 Å². The monoisotopic (exact) mass is 293 g/mol. The molecule has 2 rings (SSSR count). The Kier molecular flexibility index (Phi) is 5.82. The fourth-order valence-electron chi connectivity index (χ4n) is 3.65. The van der Waals surface area contributed by atoms with Crippen LogP contribution in [-0.4, -0.2) is 30.0 Å². The van der Waals surface area contributed by atoms with Gasteiger partial charge >= 0.3 is 0 Å². The summed E-state index contributed by atoms with van der Waals surface area (Å²) in [6.45, 7) is 6.69. The zero-order valence-corrected chi connectivity index (χ0v) is 14.3. The highest BCUT2D eigenvalue weighted by atomic mass is 16.5. The molecule has 0 saturated heterocycles. The molecule has 1 heterocycles. The summed E-state index contributed by atoms with van der Waals surface area (Å²) < 4.78 is 7.92. The summed E-state index contributed by atoms with van der Waals surface area (Å²) in [7, 11) is 3.87. The van der Waals surface area contributed by atoms with Crippen LogP contribution in [0.15, 0.2) is 0 Å². The van der Waals surface area contributed by atoms with E-state index in [1.54, 1.807) is 0 Å². The van der Waals surface area contributed by atoms with Gasteiger partial charge in [0.2, 0.25) is 0 Å². The molecule has 0 amide bonds. The van der Waals surface area contributed by atoms with Crippen molar-refractivity contribution in [1.29, 1.82) is 0 Å². The molecule has 0 aromatic carbocycles. The van der Waals surface area contributed by atoms with Crippen LogP contribution in [0.3, 0.4) is 0 Å². The molecule has 1 N–H and O–H groups in total. The highest BCUT2D eigenvalue weighted by Crippen LogP contribution is 2.33. The van der Waals surface area contributed by atoms with Gasteiger partial charge < -0.3 is 10.1 Å². The minimum absolute atomic E-state index is 0.366. The average molecular weight is 293 g/mol. The highest BCUT2D eigenvalue weighted by Gasteiger charge is 2.28. The number of rotatable bonds is 6. The van der Waals surface area contributed by atoms with Gasteiger partial charge in [-0.2, -0.15) is 5.10 Å². The predicted octanol–water partition coefficient (Wildman–Crippen LogP) is 3.42. The number of aryl methyl sites for hydroxylation is 1. The summed E-state index contributed by atoms with van der Waals surface area (Å²) in [5.41, 5.74) is 4.09.